The Morgan fingerprint density at radius 1 is 0.510 bits per heavy atom. The molecule has 0 rings (SSSR count). The predicted octanol–water partition coefficient (Wildman–Crippen LogP) is 12.7. The third kappa shape index (κ3) is 29.0. The topological polar surface area (TPSA) is 36.1 Å². The first-order valence-corrected chi connectivity index (χ1v) is 19.3. The van der Waals surface area contributed by atoms with Crippen LogP contribution in [0.3, 0.4) is 0 Å². The number of hydrogen-bond donors (Lipinski definition) is 3. The third-order valence-electron chi connectivity index (χ3n) is 10.1. The molecule has 0 aromatic carbocycles. The lowest BCUT2D eigenvalue weighted by molar-refractivity contribution is 0.217. The van der Waals surface area contributed by atoms with Gasteiger partial charge in [0.2, 0.25) is 0 Å². The molecule has 0 aliphatic heterocycles. The van der Waals surface area contributed by atoms with Gasteiger partial charge in [-0.2, -0.15) is 0 Å². The highest BCUT2D eigenvalue weighted by molar-refractivity contribution is 5.12. The van der Waals surface area contributed by atoms with E-state index in [0.29, 0.717) is 23.5 Å². The zero-order valence-corrected chi connectivity index (χ0v) is 33.6. The Hall–Kier alpha value is -2.46. The van der Waals surface area contributed by atoms with Gasteiger partial charge in [0.1, 0.15) is 0 Å². The van der Waals surface area contributed by atoms with Gasteiger partial charge in [-0.3, -0.25) is 0 Å². The lowest BCUT2D eigenvalue weighted by Crippen LogP contribution is -2.27. The number of hydrogen-bond acceptors (Lipinski definition) is 3. The molecular formula is C46H81N3. The molecule has 0 saturated heterocycles. The van der Waals surface area contributed by atoms with E-state index >= 15 is 0 Å². The predicted molar refractivity (Wildman–Crippen MR) is 227 cm³/mol. The van der Waals surface area contributed by atoms with Crippen LogP contribution in [0.2, 0.25) is 0 Å². The summed E-state index contributed by atoms with van der Waals surface area (Å²) >= 11 is 0. The van der Waals surface area contributed by atoms with Crippen LogP contribution >= 0.6 is 0 Å². The van der Waals surface area contributed by atoms with Crippen molar-refractivity contribution in [1.82, 2.24) is 16.0 Å². The second-order valence-corrected chi connectivity index (χ2v) is 14.7. The van der Waals surface area contributed by atoms with Crippen molar-refractivity contribution in [2.45, 2.75) is 156 Å². The minimum atomic E-state index is 0.406. The molecule has 3 nitrogen and oxygen atoms in total. The standard InChI is InChI=1S/C33H58N2.C13H23N/c1-11-27(5)15-17-31(9)34-25-21-29(7)19-23-33(13-3,14-4)24-20-30(8)22-26-35-32(10)18-16-28(6)12-2;1-6-12(4)7-8-13(5)14-10-9-11(2)3/h11-12,31-32,34-35H,1-2,5-8,13-26H2,3-4,9-10H3;6,13-14H,1-2,4,7-10H2,3,5H3. The molecular weight excluding hydrogens is 595 g/mol. The number of allylic oxidation sites excluding steroid dienone is 6. The highest BCUT2D eigenvalue weighted by atomic mass is 14.9. The highest BCUT2D eigenvalue weighted by Gasteiger charge is 2.25. The fraction of sp³-hybridized carbons (Fsp3) is 0.609. The van der Waals surface area contributed by atoms with E-state index < -0.39 is 0 Å². The van der Waals surface area contributed by atoms with E-state index in [9.17, 15) is 0 Å². The van der Waals surface area contributed by atoms with Crippen molar-refractivity contribution in [3.8, 4) is 0 Å². The Morgan fingerprint density at radius 2 is 0.816 bits per heavy atom. The molecule has 0 aliphatic carbocycles. The second kappa shape index (κ2) is 30.4. The summed E-state index contributed by atoms with van der Waals surface area (Å²) in [7, 11) is 0. The largest absolute Gasteiger partial charge is 0.314 e. The second-order valence-electron chi connectivity index (χ2n) is 14.7. The van der Waals surface area contributed by atoms with Crippen LogP contribution in [0.25, 0.3) is 0 Å². The summed E-state index contributed by atoms with van der Waals surface area (Å²) in [6, 6.07) is 1.55. The number of nitrogens with one attached hydrogen (secondary N) is 3. The van der Waals surface area contributed by atoms with Gasteiger partial charge >= 0.3 is 0 Å². The van der Waals surface area contributed by atoms with Crippen LogP contribution in [0, 0.1) is 5.41 Å². The van der Waals surface area contributed by atoms with E-state index in [2.05, 4.69) is 117 Å². The van der Waals surface area contributed by atoms with Crippen LogP contribution < -0.4 is 16.0 Å². The molecule has 0 fully saturated rings. The molecule has 49 heavy (non-hydrogen) atoms. The molecule has 0 radical (unpaired) electrons. The quantitative estimate of drug-likeness (QED) is 0.0490. The summed E-state index contributed by atoms with van der Waals surface area (Å²) in [5.74, 6) is 0. The van der Waals surface area contributed by atoms with Gasteiger partial charge in [0.05, 0.1) is 0 Å². The average Bonchev–Trinajstić information content (AvgIpc) is 3.08. The Labute approximate surface area is 307 Å². The van der Waals surface area contributed by atoms with Gasteiger partial charge in [0.25, 0.3) is 0 Å². The smallest absolute Gasteiger partial charge is 0.00420 e. The molecule has 3 heteroatoms. The first kappa shape index (κ1) is 48.7. The van der Waals surface area contributed by atoms with Gasteiger partial charge in [0, 0.05) is 18.1 Å². The molecule has 0 aromatic heterocycles. The van der Waals surface area contributed by atoms with E-state index in [1.165, 1.54) is 42.4 Å². The van der Waals surface area contributed by atoms with Crippen LogP contribution in [0.1, 0.15) is 138 Å². The zero-order valence-electron chi connectivity index (χ0n) is 33.6. The molecule has 0 saturated carbocycles. The van der Waals surface area contributed by atoms with Gasteiger partial charge in [-0.1, -0.05) is 131 Å². The Morgan fingerprint density at radius 3 is 1.08 bits per heavy atom. The molecule has 0 heterocycles. The van der Waals surface area contributed by atoms with Crippen LogP contribution in [0.15, 0.2) is 111 Å². The molecule has 3 N–H and O–H groups in total. The zero-order chi connectivity index (χ0) is 37.7. The molecule has 0 amide bonds. The summed E-state index contributed by atoms with van der Waals surface area (Å²) in [5, 5.41) is 10.7. The van der Waals surface area contributed by atoms with Gasteiger partial charge in [-0.05, 0) is 136 Å². The Kier molecular flexibility index (Phi) is 30.2. The fourth-order valence-corrected chi connectivity index (χ4v) is 5.56. The SMILES string of the molecule is C=CC(=C)CCC(C)NCCC(=C)C.C=CC(=C)CCC(C)NCCC(=C)CCC(CC)(CC)CCC(=C)CCNC(C)CCC(=C)C=C. The Balaban J connectivity index is 0. The van der Waals surface area contributed by atoms with Gasteiger partial charge in [-0.25, -0.2) is 0 Å². The molecule has 0 spiro atoms. The van der Waals surface area contributed by atoms with Crippen molar-refractivity contribution in [2.24, 2.45) is 5.41 Å². The first-order valence-electron chi connectivity index (χ1n) is 19.3. The minimum absolute atomic E-state index is 0.406. The molecule has 3 atom stereocenters. The van der Waals surface area contributed by atoms with E-state index in [-0.39, 0.29) is 0 Å². The summed E-state index contributed by atoms with van der Waals surface area (Å²) in [6.07, 6.45) is 22.3. The first-order chi connectivity index (χ1) is 23.2. The van der Waals surface area contributed by atoms with Crippen molar-refractivity contribution in [1.29, 1.82) is 0 Å². The summed E-state index contributed by atoms with van der Waals surface area (Å²) < 4.78 is 0. The van der Waals surface area contributed by atoms with Crippen molar-refractivity contribution in [2.75, 3.05) is 19.6 Å². The molecule has 0 aliphatic rings. The van der Waals surface area contributed by atoms with Crippen LogP contribution in [0.5, 0.6) is 0 Å². The van der Waals surface area contributed by atoms with E-state index in [1.54, 1.807) is 0 Å². The van der Waals surface area contributed by atoms with Crippen molar-refractivity contribution in [3.05, 3.63) is 111 Å². The lowest BCUT2D eigenvalue weighted by Gasteiger charge is -2.33. The fourth-order valence-electron chi connectivity index (χ4n) is 5.56. The third-order valence-corrected chi connectivity index (χ3v) is 10.1. The van der Waals surface area contributed by atoms with E-state index in [0.717, 1.165) is 107 Å². The van der Waals surface area contributed by atoms with Crippen LogP contribution in [0.4, 0.5) is 0 Å². The summed E-state index contributed by atoms with van der Waals surface area (Å²) in [6.45, 7) is 52.4. The van der Waals surface area contributed by atoms with Gasteiger partial charge in [-0.15, -0.1) is 6.58 Å². The summed E-state index contributed by atoms with van der Waals surface area (Å²) in [4.78, 5) is 0. The number of rotatable bonds is 32. The Bertz CT molecular complexity index is 953. The maximum Gasteiger partial charge on any atom is 0.00420 e. The lowest BCUT2D eigenvalue weighted by atomic mass is 9.73. The average molecular weight is 676 g/mol. The van der Waals surface area contributed by atoms with Crippen molar-refractivity contribution >= 4 is 0 Å². The van der Waals surface area contributed by atoms with Crippen molar-refractivity contribution < 1.29 is 0 Å². The maximum absolute atomic E-state index is 4.39. The van der Waals surface area contributed by atoms with E-state index in [1.807, 2.05) is 18.2 Å². The molecule has 3 unspecified atom stereocenters. The normalized spacial score (nSPS) is 12.9. The minimum Gasteiger partial charge on any atom is -0.314 e. The van der Waals surface area contributed by atoms with Crippen LogP contribution in [-0.4, -0.2) is 37.8 Å². The summed E-state index contributed by atoms with van der Waals surface area (Å²) in [5.41, 5.74) is 7.77. The molecule has 0 bridgehead atoms. The van der Waals surface area contributed by atoms with Gasteiger partial charge in [0.15, 0.2) is 0 Å². The van der Waals surface area contributed by atoms with E-state index in [4.69, 9.17) is 0 Å². The van der Waals surface area contributed by atoms with Crippen molar-refractivity contribution in [3.63, 3.8) is 0 Å². The maximum atomic E-state index is 4.39. The molecule has 0 aromatic rings. The van der Waals surface area contributed by atoms with Crippen LogP contribution in [-0.2, 0) is 0 Å². The molecule has 280 valence electrons. The van der Waals surface area contributed by atoms with Gasteiger partial charge < -0.3 is 16.0 Å². The monoisotopic (exact) mass is 676 g/mol. The highest BCUT2D eigenvalue weighted by Crippen LogP contribution is 2.39.